The maximum absolute atomic E-state index is 12.3. The molecule has 0 radical (unpaired) electrons. The van der Waals surface area contributed by atoms with Crippen LogP contribution in [0.25, 0.3) is 0 Å². The average molecular weight is 302 g/mol. The predicted octanol–water partition coefficient (Wildman–Crippen LogP) is 1.85. The van der Waals surface area contributed by atoms with Gasteiger partial charge in [-0.2, -0.15) is 0 Å². The summed E-state index contributed by atoms with van der Waals surface area (Å²) in [6, 6.07) is 9.33. The summed E-state index contributed by atoms with van der Waals surface area (Å²) in [6.07, 6.45) is 2.42. The first kappa shape index (κ1) is 14.6. The van der Waals surface area contributed by atoms with Gasteiger partial charge in [0.15, 0.2) is 12.3 Å². The lowest BCUT2D eigenvalue weighted by Crippen LogP contribution is -2.42. The van der Waals surface area contributed by atoms with Crippen LogP contribution >= 0.6 is 0 Å². The number of carbonyl (C=O) groups is 1. The van der Waals surface area contributed by atoms with Gasteiger partial charge in [-0.25, -0.2) is 4.98 Å². The number of oxazole rings is 1. The van der Waals surface area contributed by atoms with Gasteiger partial charge in [-0.3, -0.25) is 4.79 Å². The lowest BCUT2D eigenvalue weighted by Gasteiger charge is -2.29. The first-order valence-corrected chi connectivity index (χ1v) is 7.32. The zero-order valence-electron chi connectivity index (χ0n) is 12.1. The molecular weight excluding hydrogens is 284 g/mol. The van der Waals surface area contributed by atoms with E-state index in [1.165, 1.54) is 6.26 Å². The number of likely N-dealkylation sites (tertiary alicyclic amines) is 1. The second kappa shape index (κ2) is 6.62. The SMILES string of the molecule is O=C(c1coc(COc2ccccc2)n1)N1CCC[C@@H](O)C1. The molecule has 3 rings (SSSR count). The van der Waals surface area contributed by atoms with Gasteiger partial charge >= 0.3 is 0 Å². The Morgan fingerprint density at radius 3 is 3.00 bits per heavy atom. The minimum atomic E-state index is -0.453. The number of hydrogen-bond donors (Lipinski definition) is 1. The molecule has 22 heavy (non-hydrogen) atoms. The van der Waals surface area contributed by atoms with E-state index in [9.17, 15) is 9.90 Å². The molecule has 1 N–H and O–H groups in total. The van der Waals surface area contributed by atoms with E-state index in [1.54, 1.807) is 4.90 Å². The summed E-state index contributed by atoms with van der Waals surface area (Å²) >= 11 is 0. The Morgan fingerprint density at radius 1 is 1.41 bits per heavy atom. The number of piperidine rings is 1. The lowest BCUT2D eigenvalue weighted by atomic mass is 10.1. The normalized spacial score (nSPS) is 18.2. The van der Waals surface area contributed by atoms with Crippen LogP contribution in [-0.4, -0.2) is 40.1 Å². The monoisotopic (exact) mass is 302 g/mol. The van der Waals surface area contributed by atoms with Crippen molar-refractivity contribution >= 4 is 5.91 Å². The molecule has 2 heterocycles. The van der Waals surface area contributed by atoms with E-state index in [-0.39, 0.29) is 18.2 Å². The number of para-hydroxylation sites is 1. The molecule has 2 aromatic rings. The van der Waals surface area contributed by atoms with E-state index >= 15 is 0 Å². The molecule has 1 fully saturated rings. The zero-order valence-corrected chi connectivity index (χ0v) is 12.1. The van der Waals surface area contributed by atoms with E-state index in [4.69, 9.17) is 9.15 Å². The summed E-state index contributed by atoms with van der Waals surface area (Å²) < 4.78 is 10.8. The molecular formula is C16H18N2O4. The summed E-state index contributed by atoms with van der Waals surface area (Å²) in [4.78, 5) is 18.1. The highest BCUT2D eigenvalue weighted by molar-refractivity contribution is 5.92. The van der Waals surface area contributed by atoms with E-state index in [2.05, 4.69) is 4.98 Å². The summed E-state index contributed by atoms with van der Waals surface area (Å²) in [6.45, 7) is 1.15. The van der Waals surface area contributed by atoms with Crippen molar-refractivity contribution < 1.29 is 19.1 Å². The van der Waals surface area contributed by atoms with Crippen molar-refractivity contribution in [2.45, 2.75) is 25.6 Å². The molecule has 1 aromatic heterocycles. The fraction of sp³-hybridized carbons (Fsp3) is 0.375. The minimum absolute atomic E-state index is 0.167. The number of hydrogen-bond acceptors (Lipinski definition) is 5. The Hall–Kier alpha value is -2.34. The van der Waals surface area contributed by atoms with Gasteiger partial charge in [0.05, 0.1) is 6.10 Å². The summed E-state index contributed by atoms with van der Waals surface area (Å²) in [5.41, 5.74) is 0.251. The minimum Gasteiger partial charge on any atom is -0.484 e. The molecule has 1 atom stereocenters. The Bertz CT molecular complexity index is 626. The van der Waals surface area contributed by atoms with E-state index in [0.717, 1.165) is 12.8 Å². The number of nitrogens with zero attached hydrogens (tertiary/aromatic N) is 2. The fourth-order valence-corrected chi connectivity index (χ4v) is 2.44. The highest BCUT2D eigenvalue weighted by Gasteiger charge is 2.25. The maximum atomic E-state index is 12.3. The van der Waals surface area contributed by atoms with Gasteiger partial charge < -0.3 is 19.2 Å². The molecule has 116 valence electrons. The zero-order chi connectivity index (χ0) is 15.4. The Balaban J connectivity index is 1.59. The first-order chi connectivity index (χ1) is 10.7. The third-order valence-corrected chi connectivity index (χ3v) is 3.56. The second-order valence-electron chi connectivity index (χ2n) is 5.28. The molecule has 0 saturated carbocycles. The highest BCUT2D eigenvalue weighted by atomic mass is 16.5. The number of aromatic nitrogens is 1. The number of β-amino-alcohol motifs (C(OH)–C–C–N with tert-alkyl or cyclic N) is 1. The number of rotatable bonds is 4. The third-order valence-electron chi connectivity index (χ3n) is 3.56. The van der Waals surface area contributed by atoms with Gasteiger partial charge in [0.25, 0.3) is 5.91 Å². The molecule has 1 aliphatic heterocycles. The summed E-state index contributed by atoms with van der Waals surface area (Å²) in [5, 5.41) is 9.63. The molecule has 0 spiro atoms. The van der Waals surface area contributed by atoms with Crippen LogP contribution in [0, 0.1) is 0 Å². The van der Waals surface area contributed by atoms with Gasteiger partial charge in [-0.1, -0.05) is 18.2 Å². The second-order valence-corrected chi connectivity index (χ2v) is 5.28. The van der Waals surface area contributed by atoms with Crippen molar-refractivity contribution in [1.29, 1.82) is 0 Å². The van der Waals surface area contributed by atoms with Crippen LogP contribution < -0.4 is 4.74 Å². The standard InChI is InChI=1S/C16H18N2O4/c19-12-5-4-8-18(9-12)16(20)14-10-22-15(17-14)11-21-13-6-2-1-3-7-13/h1-3,6-7,10,12,19H,4-5,8-9,11H2/t12-/m1/s1. The Labute approximate surface area is 128 Å². The Kier molecular flexibility index (Phi) is 4.39. The van der Waals surface area contributed by atoms with E-state index in [0.29, 0.717) is 24.7 Å². The third kappa shape index (κ3) is 3.46. The summed E-state index contributed by atoms with van der Waals surface area (Å²) in [7, 11) is 0. The van der Waals surface area contributed by atoms with Crippen molar-refractivity contribution in [3.8, 4) is 5.75 Å². The number of aliphatic hydroxyl groups excluding tert-OH is 1. The molecule has 1 saturated heterocycles. The summed E-state index contributed by atoms with van der Waals surface area (Å²) in [5.74, 6) is 0.853. The molecule has 6 nitrogen and oxygen atoms in total. The van der Waals surface area contributed by atoms with Crippen LogP contribution in [-0.2, 0) is 6.61 Å². The van der Waals surface area contributed by atoms with Gasteiger partial charge in [0, 0.05) is 13.1 Å². The largest absolute Gasteiger partial charge is 0.484 e. The van der Waals surface area contributed by atoms with Crippen molar-refractivity contribution in [3.05, 3.63) is 48.2 Å². The van der Waals surface area contributed by atoms with Crippen LogP contribution in [0.2, 0.25) is 0 Å². The average Bonchev–Trinajstić information content (AvgIpc) is 3.02. The van der Waals surface area contributed by atoms with E-state index in [1.807, 2.05) is 30.3 Å². The number of benzene rings is 1. The van der Waals surface area contributed by atoms with Crippen LogP contribution in [0.3, 0.4) is 0 Å². The molecule has 1 aliphatic rings. The van der Waals surface area contributed by atoms with Gasteiger partial charge in [-0.15, -0.1) is 0 Å². The lowest BCUT2D eigenvalue weighted by molar-refractivity contribution is 0.0469. The maximum Gasteiger partial charge on any atom is 0.275 e. The first-order valence-electron chi connectivity index (χ1n) is 7.32. The fourth-order valence-electron chi connectivity index (χ4n) is 2.44. The van der Waals surface area contributed by atoms with Crippen molar-refractivity contribution in [1.82, 2.24) is 9.88 Å². The topological polar surface area (TPSA) is 75.8 Å². The Morgan fingerprint density at radius 2 is 2.23 bits per heavy atom. The van der Waals surface area contributed by atoms with Gasteiger partial charge in [0.2, 0.25) is 5.89 Å². The number of amides is 1. The van der Waals surface area contributed by atoms with Crippen molar-refractivity contribution in [2.75, 3.05) is 13.1 Å². The van der Waals surface area contributed by atoms with Crippen LogP contribution in [0.15, 0.2) is 41.0 Å². The molecule has 0 unspecified atom stereocenters. The number of aliphatic hydroxyl groups is 1. The number of ether oxygens (including phenoxy) is 1. The quantitative estimate of drug-likeness (QED) is 0.933. The van der Waals surface area contributed by atoms with Crippen molar-refractivity contribution in [3.63, 3.8) is 0 Å². The van der Waals surface area contributed by atoms with Gasteiger partial charge in [0.1, 0.15) is 12.0 Å². The smallest absolute Gasteiger partial charge is 0.275 e. The number of carbonyl (C=O) groups excluding carboxylic acids is 1. The van der Waals surface area contributed by atoms with E-state index < -0.39 is 6.10 Å². The molecule has 0 bridgehead atoms. The molecule has 1 amide bonds. The predicted molar refractivity (Wildman–Crippen MR) is 78.4 cm³/mol. The van der Waals surface area contributed by atoms with Crippen LogP contribution in [0.4, 0.5) is 0 Å². The van der Waals surface area contributed by atoms with Gasteiger partial charge in [-0.05, 0) is 25.0 Å². The highest BCUT2D eigenvalue weighted by Crippen LogP contribution is 2.15. The van der Waals surface area contributed by atoms with Crippen LogP contribution in [0.5, 0.6) is 5.75 Å². The molecule has 6 heteroatoms. The van der Waals surface area contributed by atoms with Crippen molar-refractivity contribution in [2.24, 2.45) is 0 Å². The molecule has 1 aromatic carbocycles. The van der Waals surface area contributed by atoms with Crippen LogP contribution in [0.1, 0.15) is 29.2 Å². The molecule has 0 aliphatic carbocycles.